The van der Waals surface area contributed by atoms with Crippen molar-refractivity contribution in [1.82, 2.24) is 30.1 Å². The number of benzene rings is 1. The van der Waals surface area contributed by atoms with Crippen molar-refractivity contribution >= 4 is 22.2 Å². The second kappa shape index (κ2) is 9.80. The molecular weight excluding hydrogens is 444 g/mol. The number of nitrogens with one attached hydrogen (secondary N) is 1. The Bertz CT molecular complexity index is 1320. The minimum absolute atomic E-state index is 0.0303. The zero-order valence-electron chi connectivity index (χ0n) is 20.9. The van der Waals surface area contributed by atoms with E-state index in [0.29, 0.717) is 6.54 Å². The molecule has 180 valence electrons. The molecule has 1 atom stereocenters. The molecule has 0 amide bonds. The molecule has 1 N–H and O–H groups in total. The number of rotatable bonds is 9. The van der Waals surface area contributed by atoms with Gasteiger partial charge in [-0.25, -0.2) is 4.68 Å². The number of aryl methyl sites for hydroxylation is 2. The molecule has 0 aliphatic carbocycles. The lowest BCUT2D eigenvalue weighted by Crippen LogP contribution is -2.36. The summed E-state index contributed by atoms with van der Waals surface area (Å²) in [4.78, 5) is 19.9. The van der Waals surface area contributed by atoms with Gasteiger partial charge in [-0.3, -0.25) is 9.69 Å². The highest BCUT2D eigenvalue weighted by Gasteiger charge is 2.31. The van der Waals surface area contributed by atoms with Crippen molar-refractivity contribution in [3.63, 3.8) is 0 Å². The molecule has 0 radical (unpaired) electrons. The Morgan fingerprint density at radius 2 is 1.97 bits per heavy atom. The first-order chi connectivity index (χ1) is 16.2. The summed E-state index contributed by atoms with van der Waals surface area (Å²) >= 11 is 1.73. The van der Waals surface area contributed by atoms with Crippen LogP contribution in [0, 0.1) is 13.8 Å². The van der Waals surface area contributed by atoms with Crippen LogP contribution in [0.1, 0.15) is 74.0 Å². The van der Waals surface area contributed by atoms with Gasteiger partial charge < -0.3 is 4.98 Å². The SMILES string of the molecule is CC[C@H](c1nnnn1C(C)(C)CC)N(Cc1cccs1)Cc1cc2cc(C)cc(C)c2[nH]c1=O. The van der Waals surface area contributed by atoms with E-state index >= 15 is 0 Å². The molecule has 0 fully saturated rings. The Hall–Kier alpha value is -2.84. The van der Waals surface area contributed by atoms with E-state index in [4.69, 9.17) is 0 Å². The Morgan fingerprint density at radius 3 is 2.65 bits per heavy atom. The summed E-state index contributed by atoms with van der Waals surface area (Å²) in [6.45, 7) is 14.0. The van der Waals surface area contributed by atoms with Crippen molar-refractivity contribution in [2.24, 2.45) is 0 Å². The van der Waals surface area contributed by atoms with E-state index in [9.17, 15) is 4.79 Å². The zero-order valence-corrected chi connectivity index (χ0v) is 21.7. The summed E-state index contributed by atoms with van der Waals surface area (Å²) < 4.78 is 1.96. The Balaban J connectivity index is 1.78. The molecule has 0 unspecified atom stereocenters. The molecule has 1 aromatic carbocycles. The maximum Gasteiger partial charge on any atom is 0.252 e. The Labute approximate surface area is 204 Å². The number of fused-ring (bicyclic) bond motifs is 1. The van der Waals surface area contributed by atoms with Gasteiger partial charge in [-0.05, 0) is 85.5 Å². The zero-order chi connectivity index (χ0) is 24.5. The van der Waals surface area contributed by atoms with Gasteiger partial charge in [-0.1, -0.05) is 31.5 Å². The lowest BCUT2D eigenvalue weighted by Gasteiger charge is -2.32. The maximum absolute atomic E-state index is 13.2. The number of hydrogen-bond acceptors (Lipinski definition) is 6. The van der Waals surface area contributed by atoms with Gasteiger partial charge in [-0.2, -0.15) is 0 Å². The molecule has 3 aromatic heterocycles. The number of nitrogens with zero attached hydrogens (tertiary/aromatic N) is 5. The third-order valence-electron chi connectivity index (χ3n) is 6.74. The van der Waals surface area contributed by atoms with E-state index in [1.165, 1.54) is 10.4 Å². The molecule has 3 heterocycles. The van der Waals surface area contributed by atoms with E-state index in [2.05, 4.69) is 89.7 Å². The van der Waals surface area contributed by atoms with Crippen LogP contribution in [0.4, 0.5) is 0 Å². The van der Waals surface area contributed by atoms with Crippen molar-refractivity contribution in [2.45, 2.75) is 79.1 Å². The molecule has 0 saturated carbocycles. The summed E-state index contributed by atoms with van der Waals surface area (Å²) in [6.07, 6.45) is 1.74. The van der Waals surface area contributed by atoms with E-state index in [0.717, 1.165) is 47.2 Å². The molecule has 0 bridgehead atoms. The second-order valence-corrected chi connectivity index (χ2v) is 10.7. The Morgan fingerprint density at radius 1 is 1.18 bits per heavy atom. The van der Waals surface area contributed by atoms with E-state index < -0.39 is 0 Å². The van der Waals surface area contributed by atoms with Crippen LogP contribution in [0.15, 0.2) is 40.5 Å². The molecule has 34 heavy (non-hydrogen) atoms. The summed E-state index contributed by atoms with van der Waals surface area (Å²) in [5, 5.41) is 16.0. The Kier molecular flexibility index (Phi) is 7.00. The summed E-state index contributed by atoms with van der Waals surface area (Å²) in [6, 6.07) is 10.5. The summed E-state index contributed by atoms with van der Waals surface area (Å²) in [5.74, 6) is 0.842. The molecule has 4 aromatic rings. The number of aromatic amines is 1. The molecule has 8 heteroatoms. The van der Waals surface area contributed by atoms with E-state index in [1.54, 1.807) is 11.3 Å². The quantitative estimate of drug-likeness (QED) is 0.344. The first kappa shape index (κ1) is 24.3. The number of thiophene rings is 1. The first-order valence-electron chi connectivity index (χ1n) is 11.9. The second-order valence-electron chi connectivity index (χ2n) is 9.69. The molecule has 4 rings (SSSR count). The van der Waals surface area contributed by atoms with Gasteiger partial charge in [0.25, 0.3) is 5.56 Å². The predicted molar refractivity (Wildman–Crippen MR) is 138 cm³/mol. The number of H-pyrrole nitrogens is 1. The number of tetrazole rings is 1. The standard InChI is InChI=1S/C26H34N6OS/c1-7-22(24-28-29-30-32(24)26(5,6)8-2)31(16-21-10-9-11-34-21)15-20-14-19-13-17(3)12-18(4)23(19)27-25(20)33/h9-14,22H,7-8,15-16H2,1-6H3,(H,27,33)/t22-/m1/s1. The highest BCUT2D eigenvalue weighted by molar-refractivity contribution is 7.09. The van der Waals surface area contributed by atoms with Gasteiger partial charge >= 0.3 is 0 Å². The van der Waals surface area contributed by atoms with Crippen LogP contribution in [0.2, 0.25) is 0 Å². The van der Waals surface area contributed by atoms with Crippen LogP contribution in [-0.2, 0) is 18.6 Å². The smallest absolute Gasteiger partial charge is 0.252 e. The minimum Gasteiger partial charge on any atom is -0.321 e. The van der Waals surface area contributed by atoms with Gasteiger partial charge in [0.15, 0.2) is 5.82 Å². The molecule has 0 saturated heterocycles. The average Bonchev–Trinajstić information content (AvgIpc) is 3.48. The third-order valence-corrected chi connectivity index (χ3v) is 7.60. The first-order valence-corrected chi connectivity index (χ1v) is 12.8. The van der Waals surface area contributed by atoms with Crippen LogP contribution in [0.5, 0.6) is 0 Å². The van der Waals surface area contributed by atoms with Crippen molar-refractivity contribution in [3.8, 4) is 0 Å². The number of aromatic nitrogens is 5. The van der Waals surface area contributed by atoms with Gasteiger partial charge in [0.05, 0.1) is 17.1 Å². The number of pyridine rings is 1. The van der Waals surface area contributed by atoms with E-state index in [1.807, 2.05) is 17.7 Å². The minimum atomic E-state index is -0.198. The fourth-order valence-corrected chi connectivity index (χ4v) is 5.26. The summed E-state index contributed by atoms with van der Waals surface area (Å²) in [7, 11) is 0. The van der Waals surface area contributed by atoms with E-state index in [-0.39, 0.29) is 17.1 Å². The summed E-state index contributed by atoms with van der Waals surface area (Å²) in [5.41, 5.74) is 3.69. The van der Waals surface area contributed by atoms with Crippen LogP contribution in [-0.4, -0.2) is 30.1 Å². The van der Waals surface area contributed by atoms with Crippen molar-refractivity contribution in [1.29, 1.82) is 0 Å². The highest BCUT2D eigenvalue weighted by atomic mass is 32.1. The van der Waals surface area contributed by atoms with Crippen molar-refractivity contribution < 1.29 is 0 Å². The van der Waals surface area contributed by atoms with Gasteiger partial charge in [0.1, 0.15) is 0 Å². The largest absolute Gasteiger partial charge is 0.321 e. The molecule has 0 spiro atoms. The molecule has 7 nitrogen and oxygen atoms in total. The lowest BCUT2D eigenvalue weighted by molar-refractivity contribution is 0.152. The molecule has 0 aliphatic heterocycles. The fourth-order valence-electron chi connectivity index (χ4n) is 4.53. The van der Waals surface area contributed by atoms with Crippen LogP contribution < -0.4 is 5.56 Å². The van der Waals surface area contributed by atoms with Crippen LogP contribution in [0.25, 0.3) is 10.9 Å². The molecular formula is C26H34N6OS. The maximum atomic E-state index is 13.2. The topological polar surface area (TPSA) is 79.7 Å². The van der Waals surface area contributed by atoms with Crippen LogP contribution >= 0.6 is 11.3 Å². The predicted octanol–water partition coefficient (Wildman–Crippen LogP) is 5.49. The lowest BCUT2D eigenvalue weighted by atomic mass is 10.0. The van der Waals surface area contributed by atoms with Gasteiger partial charge in [0.2, 0.25) is 0 Å². The number of hydrogen-bond donors (Lipinski definition) is 1. The normalized spacial score (nSPS) is 13.1. The van der Waals surface area contributed by atoms with Gasteiger partial charge in [-0.15, -0.1) is 16.4 Å². The van der Waals surface area contributed by atoms with Crippen molar-refractivity contribution in [3.05, 3.63) is 73.5 Å². The van der Waals surface area contributed by atoms with Gasteiger partial charge in [0, 0.05) is 23.5 Å². The van der Waals surface area contributed by atoms with Crippen LogP contribution in [0.3, 0.4) is 0 Å². The average molecular weight is 479 g/mol. The molecule has 0 aliphatic rings. The highest BCUT2D eigenvalue weighted by Crippen LogP contribution is 2.31. The third kappa shape index (κ3) is 4.83. The van der Waals surface area contributed by atoms with Crippen molar-refractivity contribution in [2.75, 3.05) is 0 Å². The fraction of sp³-hybridized carbons (Fsp3) is 0.462. The monoisotopic (exact) mass is 478 g/mol.